The summed E-state index contributed by atoms with van der Waals surface area (Å²) < 4.78 is 22.6. The molecule has 0 bridgehead atoms. The number of benzene rings is 1. The maximum atomic E-state index is 12.6. The number of rotatable bonds is 6. The summed E-state index contributed by atoms with van der Waals surface area (Å²) in [5.74, 6) is -2.02. The first-order chi connectivity index (χ1) is 12.4. The first kappa shape index (κ1) is 20.0. The number of esters is 2. The van der Waals surface area contributed by atoms with E-state index in [1.54, 1.807) is 45.0 Å². The minimum absolute atomic E-state index is 0.190. The van der Waals surface area contributed by atoms with Crippen LogP contribution in [0.25, 0.3) is 0 Å². The van der Waals surface area contributed by atoms with Crippen LogP contribution in [0.4, 0.5) is 4.39 Å². The minimum Gasteiger partial charge on any atom is -0.463 e. The lowest BCUT2D eigenvalue weighted by Crippen LogP contribution is -2.32. The van der Waals surface area contributed by atoms with Crippen LogP contribution < -0.4 is 5.32 Å². The number of allylic oxidation sites excluding steroid dienone is 2. The predicted molar refractivity (Wildman–Crippen MR) is 96.3 cm³/mol. The summed E-state index contributed by atoms with van der Waals surface area (Å²) in [6.07, 6.45) is 0. The van der Waals surface area contributed by atoms with Gasteiger partial charge in [0.1, 0.15) is 13.3 Å². The van der Waals surface area contributed by atoms with Gasteiger partial charge in [-0.1, -0.05) is 29.8 Å². The van der Waals surface area contributed by atoms with Crippen LogP contribution in [0.2, 0.25) is 5.02 Å². The number of hydrogen-bond acceptors (Lipinski definition) is 5. The normalized spacial score (nSPS) is 17.0. The van der Waals surface area contributed by atoms with Crippen LogP contribution in [-0.2, 0) is 19.1 Å². The smallest absolute Gasteiger partial charge is 0.336 e. The molecule has 2 rings (SSSR count). The highest BCUT2D eigenvalue weighted by Crippen LogP contribution is 2.41. The van der Waals surface area contributed by atoms with Gasteiger partial charge in [-0.15, -0.1) is 0 Å². The highest BCUT2D eigenvalue weighted by atomic mass is 35.5. The van der Waals surface area contributed by atoms with Crippen molar-refractivity contribution in [2.24, 2.45) is 0 Å². The monoisotopic (exact) mass is 381 g/mol. The first-order valence-electron chi connectivity index (χ1n) is 8.25. The summed E-state index contributed by atoms with van der Waals surface area (Å²) in [5, 5.41) is 3.42. The van der Waals surface area contributed by atoms with Crippen molar-refractivity contribution in [2.75, 3.05) is 19.9 Å². The van der Waals surface area contributed by atoms with Crippen molar-refractivity contribution in [1.29, 1.82) is 0 Å². The SMILES string of the molecule is CCOC(=O)C1=C(C)NC(C)=C(C(=O)OCCF)C1c1ccccc1Cl. The lowest BCUT2D eigenvalue weighted by atomic mass is 9.80. The van der Waals surface area contributed by atoms with Gasteiger partial charge in [-0.05, 0) is 32.4 Å². The van der Waals surface area contributed by atoms with Crippen LogP contribution in [0.1, 0.15) is 32.3 Å². The van der Waals surface area contributed by atoms with Gasteiger partial charge in [0.05, 0.1) is 23.7 Å². The molecule has 1 aliphatic rings. The van der Waals surface area contributed by atoms with Crippen molar-refractivity contribution in [3.63, 3.8) is 0 Å². The summed E-state index contributed by atoms with van der Waals surface area (Å²) >= 11 is 6.34. The van der Waals surface area contributed by atoms with Gasteiger partial charge in [0.15, 0.2) is 0 Å². The van der Waals surface area contributed by atoms with E-state index < -0.39 is 24.5 Å². The van der Waals surface area contributed by atoms with E-state index in [-0.39, 0.29) is 24.4 Å². The van der Waals surface area contributed by atoms with E-state index in [1.165, 1.54) is 0 Å². The van der Waals surface area contributed by atoms with Gasteiger partial charge >= 0.3 is 11.9 Å². The van der Waals surface area contributed by atoms with Crippen LogP contribution >= 0.6 is 11.6 Å². The molecule has 1 aliphatic heterocycles. The zero-order valence-corrected chi connectivity index (χ0v) is 15.7. The second kappa shape index (κ2) is 8.85. The summed E-state index contributed by atoms with van der Waals surface area (Å²) in [7, 11) is 0. The van der Waals surface area contributed by atoms with Crippen molar-refractivity contribution in [2.45, 2.75) is 26.7 Å². The Labute approximate surface area is 156 Å². The predicted octanol–water partition coefficient (Wildman–Crippen LogP) is 3.65. The summed E-state index contributed by atoms with van der Waals surface area (Å²) in [4.78, 5) is 25.2. The average molecular weight is 382 g/mol. The molecule has 0 aromatic heterocycles. The maximum absolute atomic E-state index is 12.6. The van der Waals surface area contributed by atoms with Gasteiger partial charge in [0.2, 0.25) is 0 Å². The third-order valence-electron chi connectivity index (χ3n) is 4.00. The van der Waals surface area contributed by atoms with Crippen LogP contribution in [0, 0.1) is 0 Å². The fourth-order valence-corrected chi connectivity index (χ4v) is 3.22. The number of dihydropyridines is 1. The van der Waals surface area contributed by atoms with Crippen LogP contribution in [-0.4, -0.2) is 31.8 Å². The van der Waals surface area contributed by atoms with Gasteiger partial charge in [-0.2, -0.15) is 0 Å². The van der Waals surface area contributed by atoms with Gasteiger partial charge in [0, 0.05) is 16.4 Å². The quantitative estimate of drug-likeness (QED) is 0.762. The van der Waals surface area contributed by atoms with Crippen molar-refractivity contribution >= 4 is 23.5 Å². The lowest BCUT2D eigenvalue weighted by molar-refractivity contribution is -0.140. The molecule has 0 spiro atoms. The van der Waals surface area contributed by atoms with Gasteiger partial charge < -0.3 is 14.8 Å². The Balaban J connectivity index is 2.62. The lowest BCUT2D eigenvalue weighted by Gasteiger charge is -2.30. The van der Waals surface area contributed by atoms with E-state index in [1.807, 2.05) is 0 Å². The Bertz CT molecular complexity index is 773. The molecule has 1 unspecified atom stereocenters. The molecule has 1 heterocycles. The van der Waals surface area contributed by atoms with Crippen molar-refractivity contribution in [3.05, 3.63) is 57.4 Å². The van der Waals surface area contributed by atoms with E-state index in [0.29, 0.717) is 22.0 Å². The molecule has 0 amide bonds. The number of nitrogens with one attached hydrogen (secondary N) is 1. The molecule has 5 nitrogen and oxygen atoms in total. The molecular weight excluding hydrogens is 361 g/mol. The Morgan fingerprint density at radius 1 is 1.12 bits per heavy atom. The maximum Gasteiger partial charge on any atom is 0.336 e. The summed E-state index contributed by atoms with van der Waals surface area (Å²) in [5.41, 5.74) is 2.14. The third kappa shape index (κ3) is 4.07. The first-order valence-corrected chi connectivity index (χ1v) is 8.63. The fraction of sp³-hybridized carbons (Fsp3) is 0.368. The van der Waals surface area contributed by atoms with Gasteiger partial charge in [-0.3, -0.25) is 0 Å². The molecule has 1 aromatic rings. The highest BCUT2D eigenvalue weighted by molar-refractivity contribution is 6.31. The minimum atomic E-state index is -0.790. The van der Waals surface area contributed by atoms with Gasteiger partial charge in [-0.25, -0.2) is 14.0 Å². The van der Waals surface area contributed by atoms with Crippen molar-refractivity contribution in [1.82, 2.24) is 5.32 Å². The number of alkyl halides is 1. The van der Waals surface area contributed by atoms with Crippen LogP contribution in [0.15, 0.2) is 46.8 Å². The number of carbonyl (C=O) groups excluding carboxylic acids is 2. The fourth-order valence-electron chi connectivity index (χ4n) is 2.97. The zero-order valence-electron chi connectivity index (χ0n) is 14.9. The van der Waals surface area contributed by atoms with E-state index in [9.17, 15) is 14.0 Å². The van der Waals surface area contributed by atoms with E-state index >= 15 is 0 Å². The standard InChI is InChI=1S/C19H21ClFNO4/c1-4-25-18(23)15-11(2)22-12(3)16(19(24)26-10-9-21)17(15)13-7-5-6-8-14(13)20/h5-8,17,22H,4,9-10H2,1-3H3. The molecule has 140 valence electrons. The van der Waals surface area contributed by atoms with Crippen LogP contribution in [0.3, 0.4) is 0 Å². The molecule has 0 aliphatic carbocycles. The number of halogens is 2. The number of carbonyl (C=O) groups is 2. The molecule has 26 heavy (non-hydrogen) atoms. The van der Waals surface area contributed by atoms with Crippen molar-refractivity contribution in [3.8, 4) is 0 Å². The molecule has 0 saturated heterocycles. The molecular formula is C19H21ClFNO4. The molecule has 7 heteroatoms. The molecule has 1 atom stereocenters. The third-order valence-corrected chi connectivity index (χ3v) is 4.35. The molecule has 0 fully saturated rings. The topological polar surface area (TPSA) is 64.6 Å². The molecule has 0 saturated carbocycles. The van der Waals surface area contributed by atoms with Gasteiger partial charge in [0.25, 0.3) is 0 Å². The number of hydrogen-bond donors (Lipinski definition) is 1. The highest BCUT2D eigenvalue weighted by Gasteiger charge is 2.38. The Morgan fingerprint density at radius 3 is 2.23 bits per heavy atom. The van der Waals surface area contributed by atoms with Crippen LogP contribution in [0.5, 0.6) is 0 Å². The van der Waals surface area contributed by atoms with E-state index in [2.05, 4.69) is 5.32 Å². The zero-order chi connectivity index (χ0) is 19.3. The van der Waals surface area contributed by atoms with Crippen molar-refractivity contribution < 1.29 is 23.5 Å². The molecule has 1 aromatic carbocycles. The summed E-state index contributed by atoms with van der Waals surface area (Å²) in [6.45, 7) is 4.16. The Morgan fingerprint density at radius 2 is 1.69 bits per heavy atom. The second-order valence-corrected chi connectivity index (χ2v) is 6.11. The van der Waals surface area contributed by atoms with E-state index in [0.717, 1.165) is 0 Å². The molecule has 1 N–H and O–H groups in total. The van der Waals surface area contributed by atoms with E-state index in [4.69, 9.17) is 21.1 Å². The Kier molecular flexibility index (Phi) is 6.80. The number of ether oxygens (including phenoxy) is 2. The largest absolute Gasteiger partial charge is 0.463 e. The Hall–Kier alpha value is -2.34. The second-order valence-electron chi connectivity index (χ2n) is 5.70. The average Bonchev–Trinajstić information content (AvgIpc) is 2.59. The molecule has 0 radical (unpaired) electrons. The summed E-state index contributed by atoms with van der Waals surface area (Å²) in [6, 6.07) is 6.93.